The third-order valence-corrected chi connectivity index (χ3v) is 6.07. The molecule has 5 aromatic rings. The number of aromatic nitrogens is 1. The second kappa shape index (κ2) is 7.27. The van der Waals surface area contributed by atoms with Crippen molar-refractivity contribution in [3.05, 3.63) is 101 Å². The summed E-state index contributed by atoms with van der Waals surface area (Å²) in [6.45, 7) is 6.10. The average molecular weight is 429 g/mol. The fraction of sp³-hybridized carbons (Fsp3) is 0.143. The van der Waals surface area contributed by atoms with Gasteiger partial charge in [-0.2, -0.15) is 13.2 Å². The summed E-state index contributed by atoms with van der Waals surface area (Å²) in [5.74, 6) is 0. The monoisotopic (exact) mass is 429 g/mol. The number of hydrogen-bond donors (Lipinski definition) is 0. The minimum atomic E-state index is -4.41. The van der Waals surface area contributed by atoms with Crippen LogP contribution in [0.25, 0.3) is 38.6 Å². The first-order chi connectivity index (χ1) is 15.2. The predicted molar refractivity (Wildman–Crippen MR) is 125 cm³/mol. The molecule has 0 amide bonds. The molecule has 0 fully saturated rings. The van der Waals surface area contributed by atoms with E-state index in [2.05, 4.69) is 54.8 Å². The molecule has 0 atom stereocenters. The first kappa shape index (κ1) is 20.4. The van der Waals surface area contributed by atoms with E-state index in [1.54, 1.807) is 12.1 Å². The molecule has 0 unspecified atom stereocenters. The first-order valence-corrected chi connectivity index (χ1v) is 10.5. The zero-order valence-corrected chi connectivity index (χ0v) is 18.1. The summed E-state index contributed by atoms with van der Waals surface area (Å²) in [5, 5.41) is 2.26. The molecule has 0 spiro atoms. The van der Waals surface area contributed by atoms with Gasteiger partial charge in [-0.1, -0.05) is 54.6 Å². The van der Waals surface area contributed by atoms with Crippen LogP contribution in [0.3, 0.4) is 0 Å². The lowest BCUT2D eigenvalue weighted by Crippen LogP contribution is -2.07. The molecule has 0 bridgehead atoms. The number of nitrogens with zero attached hydrogens (tertiary/aromatic N) is 1. The summed E-state index contributed by atoms with van der Waals surface area (Å²) in [6, 6.07) is 24.0. The van der Waals surface area contributed by atoms with Gasteiger partial charge < -0.3 is 4.57 Å². The maximum atomic E-state index is 13.7. The van der Waals surface area contributed by atoms with E-state index in [1.165, 1.54) is 12.1 Å². The quantitative estimate of drug-likeness (QED) is 0.265. The summed E-state index contributed by atoms with van der Waals surface area (Å²) in [6.07, 6.45) is -4.41. The maximum absolute atomic E-state index is 13.7. The molecule has 4 heteroatoms. The summed E-state index contributed by atoms with van der Waals surface area (Å²) in [5.41, 5.74) is 6.37. The maximum Gasteiger partial charge on any atom is 0.417 e. The van der Waals surface area contributed by atoms with Crippen LogP contribution in [0.4, 0.5) is 13.2 Å². The normalized spacial score (nSPS) is 12.1. The topological polar surface area (TPSA) is 4.93 Å². The van der Waals surface area contributed by atoms with E-state index >= 15 is 0 Å². The second-order valence-electron chi connectivity index (χ2n) is 8.42. The van der Waals surface area contributed by atoms with Crippen LogP contribution in [0.1, 0.15) is 22.3 Å². The van der Waals surface area contributed by atoms with Crippen LogP contribution in [0.15, 0.2) is 78.9 Å². The van der Waals surface area contributed by atoms with Gasteiger partial charge in [0.25, 0.3) is 0 Å². The van der Waals surface area contributed by atoms with Crippen molar-refractivity contribution in [1.29, 1.82) is 0 Å². The number of benzene rings is 4. The molecule has 1 heterocycles. The van der Waals surface area contributed by atoms with E-state index in [-0.39, 0.29) is 5.56 Å². The van der Waals surface area contributed by atoms with Crippen molar-refractivity contribution in [2.75, 3.05) is 0 Å². The molecule has 1 nitrogen and oxygen atoms in total. The molecule has 160 valence electrons. The summed E-state index contributed by atoms with van der Waals surface area (Å²) < 4.78 is 43.2. The summed E-state index contributed by atoms with van der Waals surface area (Å²) in [7, 11) is 0. The molecule has 5 rings (SSSR count). The number of halogens is 3. The molecule has 0 saturated carbocycles. The Balaban J connectivity index is 1.84. The van der Waals surface area contributed by atoms with Gasteiger partial charge in [-0.05, 0) is 72.9 Å². The Bertz CT molecular complexity index is 1430. The highest BCUT2D eigenvalue weighted by Gasteiger charge is 2.33. The van der Waals surface area contributed by atoms with Gasteiger partial charge in [0.1, 0.15) is 0 Å². The van der Waals surface area contributed by atoms with Gasteiger partial charge in [0.05, 0.1) is 16.6 Å². The van der Waals surface area contributed by atoms with Crippen molar-refractivity contribution >= 4 is 21.8 Å². The van der Waals surface area contributed by atoms with Crippen molar-refractivity contribution in [3.63, 3.8) is 0 Å². The minimum absolute atomic E-state index is 0.189. The van der Waals surface area contributed by atoms with Crippen LogP contribution in [0.2, 0.25) is 0 Å². The number of aryl methyl sites for hydroxylation is 3. The molecule has 32 heavy (non-hydrogen) atoms. The van der Waals surface area contributed by atoms with Crippen LogP contribution < -0.4 is 0 Å². The first-order valence-electron chi connectivity index (χ1n) is 10.5. The highest BCUT2D eigenvalue weighted by atomic mass is 19.4. The van der Waals surface area contributed by atoms with Crippen LogP contribution in [-0.2, 0) is 6.18 Å². The molecule has 0 radical (unpaired) electrons. The summed E-state index contributed by atoms with van der Waals surface area (Å²) in [4.78, 5) is 0. The number of alkyl halides is 3. The Morgan fingerprint density at radius 2 is 1.25 bits per heavy atom. The standard InChI is InChI=1S/C28H22F3N/c1-17-8-12-22-23-13-9-18(2)15-27(23)32(26(22)14-17)25-16-20(11-10-19(25)3)21-6-4-5-7-24(21)28(29,30)31/h4-16H,1-3H3. The van der Waals surface area contributed by atoms with E-state index in [0.29, 0.717) is 5.56 Å². The van der Waals surface area contributed by atoms with Crippen LogP contribution in [0.5, 0.6) is 0 Å². The van der Waals surface area contributed by atoms with Crippen molar-refractivity contribution in [2.45, 2.75) is 26.9 Å². The fourth-order valence-electron chi connectivity index (χ4n) is 4.50. The van der Waals surface area contributed by atoms with E-state index < -0.39 is 11.7 Å². The van der Waals surface area contributed by atoms with Gasteiger partial charge in [0.2, 0.25) is 0 Å². The van der Waals surface area contributed by atoms with Gasteiger partial charge in [0.15, 0.2) is 0 Å². The summed E-state index contributed by atoms with van der Waals surface area (Å²) >= 11 is 0. The van der Waals surface area contributed by atoms with Crippen LogP contribution >= 0.6 is 0 Å². The smallest absolute Gasteiger partial charge is 0.309 e. The van der Waals surface area contributed by atoms with Gasteiger partial charge in [0, 0.05) is 16.5 Å². The lowest BCUT2D eigenvalue weighted by molar-refractivity contribution is -0.137. The predicted octanol–water partition coefficient (Wildman–Crippen LogP) is 8.39. The highest BCUT2D eigenvalue weighted by Crippen LogP contribution is 2.39. The molecule has 0 aliphatic rings. The Labute approximate surface area is 184 Å². The van der Waals surface area contributed by atoms with Gasteiger partial charge in [-0.15, -0.1) is 0 Å². The molecular formula is C28H22F3N. The Morgan fingerprint density at radius 3 is 1.84 bits per heavy atom. The molecule has 0 saturated heterocycles. The van der Waals surface area contributed by atoms with Gasteiger partial charge >= 0.3 is 6.18 Å². The SMILES string of the molecule is Cc1ccc2c3ccc(C)cc3n(-c3cc(-c4ccccc4C(F)(F)F)ccc3C)c2c1. The molecular weight excluding hydrogens is 407 g/mol. The molecule has 0 aliphatic heterocycles. The van der Waals surface area contributed by atoms with Crippen molar-refractivity contribution in [2.24, 2.45) is 0 Å². The van der Waals surface area contributed by atoms with Crippen molar-refractivity contribution in [1.82, 2.24) is 4.57 Å². The second-order valence-corrected chi connectivity index (χ2v) is 8.42. The highest BCUT2D eigenvalue weighted by molar-refractivity contribution is 6.09. The lowest BCUT2D eigenvalue weighted by atomic mass is 9.97. The van der Waals surface area contributed by atoms with E-state index in [0.717, 1.165) is 50.2 Å². The Morgan fingerprint density at radius 1 is 0.656 bits per heavy atom. The van der Waals surface area contributed by atoms with Crippen LogP contribution in [-0.4, -0.2) is 4.57 Å². The average Bonchev–Trinajstić information content (AvgIpc) is 3.06. The largest absolute Gasteiger partial charge is 0.417 e. The van der Waals surface area contributed by atoms with E-state index in [1.807, 2.05) is 19.1 Å². The van der Waals surface area contributed by atoms with Crippen molar-refractivity contribution < 1.29 is 13.2 Å². The zero-order chi connectivity index (χ0) is 22.6. The number of hydrogen-bond acceptors (Lipinski definition) is 0. The molecule has 4 aromatic carbocycles. The lowest BCUT2D eigenvalue weighted by Gasteiger charge is -2.16. The third-order valence-electron chi connectivity index (χ3n) is 6.07. The van der Waals surface area contributed by atoms with E-state index in [4.69, 9.17) is 0 Å². The fourth-order valence-corrected chi connectivity index (χ4v) is 4.50. The Hall–Kier alpha value is -3.53. The van der Waals surface area contributed by atoms with Crippen molar-refractivity contribution in [3.8, 4) is 16.8 Å². The molecule has 1 aromatic heterocycles. The van der Waals surface area contributed by atoms with E-state index in [9.17, 15) is 13.2 Å². The zero-order valence-electron chi connectivity index (χ0n) is 18.1. The number of fused-ring (bicyclic) bond motifs is 3. The number of rotatable bonds is 2. The molecule has 0 aliphatic carbocycles. The van der Waals surface area contributed by atoms with Gasteiger partial charge in [-0.25, -0.2) is 0 Å². The minimum Gasteiger partial charge on any atom is -0.309 e. The third kappa shape index (κ3) is 3.27. The Kier molecular flexibility index (Phi) is 4.63. The van der Waals surface area contributed by atoms with Crippen LogP contribution in [0, 0.1) is 20.8 Å². The van der Waals surface area contributed by atoms with Gasteiger partial charge in [-0.3, -0.25) is 0 Å². The molecule has 0 N–H and O–H groups in total.